The van der Waals surface area contributed by atoms with Crippen molar-refractivity contribution in [3.63, 3.8) is 0 Å². The van der Waals surface area contributed by atoms with Crippen molar-refractivity contribution in [3.05, 3.63) is 35.5 Å². The van der Waals surface area contributed by atoms with Crippen LogP contribution in [-0.4, -0.2) is 39.2 Å². The highest BCUT2D eigenvalue weighted by Gasteiger charge is 2.12. The van der Waals surface area contributed by atoms with Crippen LogP contribution in [0.1, 0.15) is 26.0 Å². The van der Waals surface area contributed by atoms with Gasteiger partial charge < -0.3 is 5.11 Å². The van der Waals surface area contributed by atoms with Crippen LogP contribution in [0.15, 0.2) is 29.8 Å². The Hall–Kier alpha value is -1.30. The van der Waals surface area contributed by atoms with Crippen LogP contribution in [0.5, 0.6) is 0 Å². The molecule has 0 aliphatic rings. The zero-order valence-electron chi connectivity index (χ0n) is 12.0. The van der Waals surface area contributed by atoms with Gasteiger partial charge in [-0.1, -0.05) is 6.07 Å². The molecule has 0 aliphatic carbocycles. The maximum atomic E-state index is 8.97. The van der Waals surface area contributed by atoms with E-state index >= 15 is 0 Å². The lowest BCUT2D eigenvalue weighted by Crippen LogP contribution is -2.31. The number of rotatable bonds is 7. The van der Waals surface area contributed by atoms with E-state index in [0.717, 1.165) is 35.9 Å². The molecule has 0 aliphatic heterocycles. The molecular weight excluding hydrogens is 270 g/mol. The summed E-state index contributed by atoms with van der Waals surface area (Å²) in [5.74, 6) is 0. The standard InChI is InChI=1S/C15H21N3OS/c1-12(2)18(8-5-9-19)10-13-11-20-15(17-13)14-6-3-4-7-16-14/h3-4,6-7,11-12,19H,5,8-10H2,1-2H3. The average Bonchev–Trinajstić information content (AvgIpc) is 2.92. The van der Waals surface area contributed by atoms with Gasteiger partial charge in [-0.2, -0.15) is 0 Å². The summed E-state index contributed by atoms with van der Waals surface area (Å²) in [4.78, 5) is 11.3. The van der Waals surface area contributed by atoms with Gasteiger partial charge in [0.25, 0.3) is 0 Å². The van der Waals surface area contributed by atoms with Crippen molar-refractivity contribution < 1.29 is 5.11 Å². The molecular formula is C15H21N3OS. The zero-order chi connectivity index (χ0) is 14.4. The van der Waals surface area contributed by atoms with Crippen molar-refractivity contribution in [2.45, 2.75) is 32.9 Å². The molecule has 2 rings (SSSR count). The molecule has 0 aromatic carbocycles. The number of nitrogens with zero attached hydrogens (tertiary/aromatic N) is 3. The molecule has 4 nitrogen and oxygen atoms in total. The van der Waals surface area contributed by atoms with E-state index in [1.807, 2.05) is 18.2 Å². The summed E-state index contributed by atoms with van der Waals surface area (Å²) in [5, 5.41) is 12.0. The maximum absolute atomic E-state index is 8.97. The Kier molecular flexibility index (Phi) is 5.64. The highest BCUT2D eigenvalue weighted by Crippen LogP contribution is 2.22. The van der Waals surface area contributed by atoms with Crippen LogP contribution in [-0.2, 0) is 6.54 Å². The molecule has 1 N–H and O–H groups in total. The Balaban J connectivity index is 2.04. The summed E-state index contributed by atoms with van der Waals surface area (Å²) in [6, 6.07) is 6.31. The van der Waals surface area contributed by atoms with E-state index in [2.05, 4.69) is 34.1 Å². The lowest BCUT2D eigenvalue weighted by Gasteiger charge is -2.25. The van der Waals surface area contributed by atoms with Crippen molar-refractivity contribution in [3.8, 4) is 10.7 Å². The van der Waals surface area contributed by atoms with Crippen molar-refractivity contribution in [2.24, 2.45) is 0 Å². The van der Waals surface area contributed by atoms with E-state index in [1.165, 1.54) is 0 Å². The van der Waals surface area contributed by atoms with Gasteiger partial charge in [-0.05, 0) is 32.4 Å². The van der Waals surface area contributed by atoms with Crippen molar-refractivity contribution >= 4 is 11.3 Å². The second-order valence-electron chi connectivity index (χ2n) is 5.00. The van der Waals surface area contributed by atoms with E-state index in [1.54, 1.807) is 17.5 Å². The van der Waals surface area contributed by atoms with Crippen LogP contribution in [0.25, 0.3) is 10.7 Å². The lowest BCUT2D eigenvalue weighted by atomic mass is 10.2. The van der Waals surface area contributed by atoms with Gasteiger partial charge in [0, 0.05) is 37.3 Å². The van der Waals surface area contributed by atoms with Crippen LogP contribution in [0.4, 0.5) is 0 Å². The van der Waals surface area contributed by atoms with Gasteiger partial charge in [-0.3, -0.25) is 9.88 Å². The minimum absolute atomic E-state index is 0.236. The van der Waals surface area contributed by atoms with Crippen LogP contribution in [0.2, 0.25) is 0 Å². The van der Waals surface area contributed by atoms with Gasteiger partial charge in [-0.25, -0.2) is 4.98 Å². The Morgan fingerprint density at radius 2 is 2.20 bits per heavy atom. The third-order valence-corrected chi connectivity index (χ3v) is 4.05. The van der Waals surface area contributed by atoms with Gasteiger partial charge >= 0.3 is 0 Å². The zero-order valence-corrected chi connectivity index (χ0v) is 12.8. The molecule has 0 saturated heterocycles. The number of aliphatic hydroxyl groups excluding tert-OH is 1. The largest absolute Gasteiger partial charge is 0.396 e. The Morgan fingerprint density at radius 1 is 1.35 bits per heavy atom. The minimum Gasteiger partial charge on any atom is -0.396 e. The lowest BCUT2D eigenvalue weighted by molar-refractivity contribution is 0.183. The number of thiazole rings is 1. The number of hydrogen-bond donors (Lipinski definition) is 1. The predicted molar refractivity (Wildman–Crippen MR) is 82.6 cm³/mol. The molecule has 0 radical (unpaired) electrons. The van der Waals surface area contributed by atoms with Gasteiger partial charge in [0.1, 0.15) is 5.01 Å². The van der Waals surface area contributed by atoms with E-state index in [0.29, 0.717) is 6.04 Å². The molecule has 0 unspecified atom stereocenters. The molecule has 2 aromatic rings. The van der Waals surface area contributed by atoms with Gasteiger partial charge in [0.2, 0.25) is 0 Å². The normalized spacial score (nSPS) is 11.4. The fourth-order valence-corrected chi connectivity index (χ4v) is 2.77. The SMILES string of the molecule is CC(C)N(CCCO)Cc1csc(-c2ccccn2)n1. The molecule has 108 valence electrons. The molecule has 0 bridgehead atoms. The van der Waals surface area contributed by atoms with Crippen LogP contribution in [0.3, 0.4) is 0 Å². The summed E-state index contributed by atoms with van der Waals surface area (Å²) in [5.41, 5.74) is 2.00. The molecule has 20 heavy (non-hydrogen) atoms. The van der Waals surface area contributed by atoms with Gasteiger partial charge in [-0.15, -0.1) is 11.3 Å². The number of aliphatic hydroxyl groups is 1. The molecule has 2 heterocycles. The monoisotopic (exact) mass is 291 g/mol. The molecule has 5 heteroatoms. The molecule has 0 saturated carbocycles. The fraction of sp³-hybridized carbons (Fsp3) is 0.467. The summed E-state index contributed by atoms with van der Waals surface area (Å²) < 4.78 is 0. The molecule has 0 fully saturated rings. The first kappa shape index (κ1) is 15.1. The first-order chi connectivity index (χ1) is 9.70. The first-order valence-electron chi connectivity index (χ1n) is 6.91. The van der Waals surface area contributed by atoms with Crippen molar-refractivity contribution in [1.82, 2.24) is 14.9 Å². The average molecular weight is 291 g/mol. The Labute approximate surface area is 124 Å². The van der Waals surface area contributed by atoms with E-state index in [-0.39, 0.29) is 6.61 Å². The molecule has 0 atom stereocenters. The van der Waals surface area contributed by atoms with Gasteiger partial charge in [0.05, 0.1) is 11.4 Å². The van der Waals surface area contributed by atoms with Crippen LogP contribution < -0.4 is 0 Å². The topological polar surface area (TPSA) is 49.2 Å². The number of hydrogen-bond acceptors (Lipinski definition) is 5. The van der Waals surface area contributed by atoms with Crippen LogP contribution >= 0.6 is 11.3 Å². The van der Waals surface area contributed by atoms with Gasteiger partial charge in [0.15, 0.2) is 0 Å². The van der Waals surface area contributed by atoms with Crippen molar-refractivity contribution in [2.75, 3.05) is 13.2 Å². The van der Waals surface area contributed by atoms with E-state index in [9.17, 15) is 0 Å². The summed E-state index contributed by atoms with van der Waals surface area (Å²) in [7, 11) is 0. The number of pyridine rings is 1. The van der Waals surface area contributed by atoms with E-state index in [4.69, 9.17) is 5.11 Å². The molecule has 0 spiro atoms. The van der Waals surface area contributed by atoms with E-state index < -0.39 is 0 Å². The summed E-state index contributed by atoms with van der Waals surface area (Å²) >= 11 is 1.63. The smallest absolute Gasteiger partial charge is 0.142 e. The summed E-state index contributed by atoms with van der Waals surface area (Å²) in [6.07, 6.45) is 2.59. The minimum atomic E-state index is 0.236. The Morgan fingerprint density at radius 3 is 2.85 bits per heavy atom. The predicted octanol–water partition coefficient (Wildman–Crippen LogP) is 2.80. The molecule has 0 amide bonds. The second kappa shape index (κ2) is 7.47. The fourth-order valence-electron chi connectivity index (χ4n) is 1.99. The summed E-state index contributed by atoms with van der Waals surface area (Å²) in [6.45, 7) is 6.29. The highest BCUT2D eigenvalue weighted by molar-refractivity contribution is 7.13. The number of aromatic nitrogens is 2. The maximum Gasteiger partial charge on any atom is 0.142 e. The van der Waals surface area contributed by atoms with Crippen LogP contribution in [0, 0.1) is 0 Å². The molecule has 2 aromatic heterocycles. The highest BCUT2D eigenvalue weighted by atomic mass is 32.1. The van der Waals surface area contributed by atoms with Crippen molar-refractivity contribution in [1.29, 1.82) is 0 Å². The third-order valence-electron chi connectivity index (χ3n) is 3.13. The quantitative estimate of drug-likeness (QED) is 0.852. The Bertz CT molecular complexity index is 513. The third kappa shape index (κ3) is 4.10. The first-order valence-corrected chi connectivity index (χ1v) is 7.79. The second-order valence-corrected chi connectivity index (χ2v) is 5.86.